The van der Waals surface area contributed by atoms with Crippen LogP contribution in [0.15, 0.2) is 54.6 Å². The van der Waals surface area contributed by atoms with E-state index in [-0.39, 0.29) is 24.0 Å². The highest BCUT2D eigenvalue weighted by Crippen LogP contribution is 2.20. The van der Waals surface area contributed by atoms with Gasteiger partial charge in [-0.3, -0.25) is 4.79 Å². The van der Waals surface area contributed by atoms with Crippen molar-refractivity contribution >= 4 is 17.6 Å². The molecule has 0 radical (unpaired) electrons. The van der Waals surface area contributed by atoms with Gasteiger partial charge in [-0.25, -0.2) is 4.79 Å². The summed E-state index contributed by atoms with van der Waals surface area (Å²) in [4.78, 5) is 25.1. The SMILES string of the molecule is C[C@H](NC(=O)c1ccccc1NC(=O)NC1CCCCC1)c1ccccc1. The number of hydrogen-bond donors (Lipinski definition) is 3. The van der Waals surface area contributed by atoms with Crippen LogP contribution in [0, 0.1) is 0 Å². The number of carbonyl (C=O) groups is 2. The Morgan fingerprint density at radius 1 is 0.926 bits per heavy atom. The molecule has 1 aliphatic carbocycles. The molecular weight excluding hydrogens is 338 g/mol. The molecule has 0 spiro atoms. The maximum atomic E-state index is 12.7. The highest BCUT2D eigenvalue weighted by atomic mass is 16.2. The lowest BCUT2D eigenvalue weighted by Gasteiger charge is -2.23. The molecule has 1 aliphatic rings. The molecule has 0 saturated heterocycles. The number of carbonyl (C=O) groups excluding carboxylic acids is 2. The van der Waals surface area contributed by atoms with E-state index in [2.05, 4.69) is 16.0 Å². The molecule has 5 heteroatoms. The second-order valence-corrected chi connectivity index (χ2v) is 7.08. The van der Waals surface area contributed by atoms with E-state index in [1.807, 2.05) is 43.3 Å². The summed E-state index contributed by atoms with van der Waals surface area (Å²) in [6.07, 6.45) is 5.58. The number of anilines is 1. The first-order chi connectivity index (χ1) is 13.1. The summed E-state index contributed by atoms with van der Waals surface area (Å²) in [5, 5.41) is 8.86. The molecule has 2 aromatic carbocycles. The lowest BCUT2D eigenvalue weighted by atomic mass is 9.96. The zero-order chi connectivity index (χ0) is 19.1. The maximum Gasteiger partial charge on any atom is 0.319 e. The van der Waals surface area contributed by atoms with Gasteiger partial charge in [0.1, 0.15) is 0 Å². The Balaban J connectivity index is 1.64. The van der Waals surface area contributed by atoms with Gasteiger partial charge >= 0.3 is 6.03 Å². The Kier molecular flexibility index (Phi) is 6.47. The van der Waals surface area contributed by atoms with E-state index in [1.165, 1.54) is 6.42 Å². The van der Waals surface area contributed by atoms with E-state index >= 15 is 0 Å². The molecule has 0 aliphatic heterocycles. The molecule has 0 heterocycles. The third-order valence-electron chi connectivity index (χ3n) is 5.01. The number of para-hydroxylation sites is 1. The molecule has 1 saturated carbocycles. The normalized spacial score (nSPS) is 15.6. The summed E-state index contributed by atoms with van der Waals surface area (Å²) in [5.74, 6) is -0.208. The van der Waals surface area contributed by atoms with Crippen molar-refractivity contribution in [2.45, 2.75) is 51.1 Å². The van der Waals surface area contributed by atoms with Crippen molar-refractivity contribution in [3.63, 3.8) is 0 Å². The van der Waals surface area contributed by atoms with Gasteiger partial charge in [0.05, 0.1) is 17.3 Å². The van der Waals surface area contributed by atoms with Crippen molar-refractivity contribution in [2.75, 3.05) is 5.32 Å². The van der Waals surface area contributed by atoms with E-state index in [1.54, 1.807) is 18.2 Å². The third kappa shape index (κ3) is 5.33. The molecule has 3 rings (SSSR count). The van der Waals surface area contributed by atoms with Crippen LogP contribution < -0.4 is 16.0 Å². The van der Waals surface area contributed by atoms with Crippen LogP contribution in [0.4, 0.5) is 10.5 Å². The first-order valence-electron chi connectivity index (χ1n) is 9.66. The molecule has 3 N–H and O–H groups in total. The average Bonchev–Trinajstić information content (AvgIpc) is 2.69. The first-order valence-corrected chi connectivity index (χ1v) is 9.66. The summed E-state index contributed by atoms with van der Waals surface area (Å²) < 4.78 is 0. The van der Waals surface area contributed by atoms with Crippen LogP contribution in [0.3, 0.4) is 0 Å². The minimum absolute atomic E-state index is 0.122. The topological polar surface area (TPSA) is 70.2 Å². The molecule has 0 unspecified atom stereocenters. The van der Waals surface area contributed by atoms with Crippen molar-refractivity contribution in [3.8, 4) is 0 Å². The minimum atomic E-state index is -0.252. The molecule has 1 atom stereocenters. The zero-order valence-corrected chi connectivity index (χ0v) is 15.7. The molecule has 3 amide bonds. The van der Waals surface area contributed by atoms with Crippen LogP contribution in [0.1, 0.15) is 61.0 Å². The summed E-state index contributed by atoms with van der Waals surface area (Å²) in [5.41, 5.74) is 2.01. The fraction of sp³-hybridized carbons (Fsp3) is 0.364. The van der Waals surface area contributed by atoms with E-state index in [0.29, 0.717) is 11.3 Å². The van der Waals surface area contributed by atoms with Crippen molar-refractivity contribution in [2.24, 2.45) is 0 Å². The predicted molar refractivity (Wildman–Crippen MR) is 108 cm³/mol. The van der Waals surface area contributed by atoms with Gasteiger partial charge in [-0.2, -0.15) is 0 Å². The van der Waals surface area contributed by atoms with Crippen LogP contribution in [-0.4, -0.2) is 18.0 Å². The first kappa shape index (κ1) is 19.0. The van der Waals surface area contributed by atoms with Gasteiger partial charge in [-0.15, -0.1) is 0 Å². The van der Waals surface area contributed by atoms with Gasteiger partial charge in [0.25, 0.3) is 5.91 Å². The molecule has 27 heavy (non-hydrogen) atoms. The predicted octanol–water partition coefficient (Wildman–Crippen LogP) is 4.63. The smallest absolute Gasteiger partial charge is 0.319 e. The number of rotatable bonds is 5. The summed E-state index contributed by atoms with van der Waals surface area (Å²) in [6.45, 7) is 1.94. The van der Waals surface area contributed by atoms with Crippen LogP contribution in [0.25, 0.3) is 0 Å². The Bertz CT molecular complexity index is 770. The van der Waals surface area contributed by atoms with Gasteiger partial charge < -0.3 is 16.0 Å². The number of hydrogen-bond acceptors (Lipinski definition) is 2. The zero-order valence-electron chi connectivity index (χ0n) is 15.7. The monoisotopic (exact) mass is 365 g/mol. The van der Waals surface area contributed by atoms with E-state index in [4.69, 9.17) is 0 Å². The van der Waals surface area contributed by atoms with Crippen LogP contribution in [0.5, 0.6) is 0 Å². The standard InChI is InChI=1S/C22H27N3O2/c1-16(17-10-4-2-5-11-17)23-21(26)19-14-8-9-15-20(19)25-22(27)24-18-12-6-3-7-13-18/h2,4-5,8-11,14-16,18H,3,6-7,12-13H2,1H3,(H,23,26)(H2,24,25,27)/t16-/m0/s1. The second-order valence-electron chi connectivity index (χ2n) is 7.08. The van der Waals surface area contributed by atoms with Crippen molar-refractivity contribution in [3.05, 3.63) is 65.7 Å². The van der Waals surface area contributed by atoms with E-state index < -0.39 is 0 Å². The molecular formula is C22H27N3O2. The molecule has 0 bridgehead atoms. The third-order valence-corrected chi connectivity index (χ3v) is 5.01. The number of amides is 3. The van der Waals surface area contributed by atoms with Crippen molar-refractivity contribution < 1.29 is 9.59 Å². The fourth-order valence-corrected chi connectivity index (χ4v) is 3.48. The lowest BCUT2D eigenvalue weighted by molar-refractivity contribution is 0.0941. The van der Waals surface area contributed by atoms with Gasteiger partial charge in [-0.05, 0) is 37.5 Å². The lowest BCUT2D eigenvalue weighted by Crippen LogP contribution is -2.39. The Hall–Kier alpha value is -2.82. The van der Waals surface area contributed by atoms with E-state index in [0.717, 1.165) is 31.2 Å². The molecule has 0 aromatic heterocycles. The molecule has 142 valence electrons. The van der Waals surface area contributed by atoms with Gasteiger partial charge in [0.15, 0.2) is 0 Å². The number of urea groups is 1. The van der Waals surface area contributed by atoms with Crippen LogP contribution in [-0.2, 0) is 0 Å². The van der Waals surface area contributed by atoms with Crippen molar-refractivity contribution in [1.82, 2.24) is 10.6 Å². The second kappa shape index (κ2) is 9.21. The Morgan fingerprint density at radius 3 is 2.33 bits per heavy atom. The number of benzene rings is 2. The quantitative estimate of drug-likeness (QED) is 0.723. The highest BCUT2D eigenvalue weighted by Gasteiger charge is 2.18. The van der Waals surface area contributed by atoms with Gasteiger partial charge in [0.2, 0.25) is 0 Å². The van der Waals surface area contributed by atoms with Gasteiger partial charge in [0, 0.05) is 6.04 Å². The van der Waals surface area contributed by atoms with Crippen molar-refractivity contribution in [1.29, 1.82) is 0 Å². The fourth-order valence-electron chi connectivity index (χ4n) is 3.48. The van der Waals surface area contributed by atoms with E-state index in [9.17, 15) is 9.59 Å². The summed E-state index contributed by atoms with van der Waals surface area (Å²) in [6, 6.07) is 16.7. The van der Waals surface area contributed by atoms with Crippen LogP contribution >= 0.6 is 0 Å². The average molecular weight is 365 g/mol. The number of nitrogens with one attached hydrogen (secondary N) is 3. The minimum Gasteiger partial charge on any atom is -0.345 e. The summed E-state index contributed by atoms with van der Waals surface area (Å²) in [7, 11) is 0. The maximum absolute atomic E-state index is 12.7. The van der Waals surface area contributed by atoms with Gasteiger partial charge in [-0.1, -0.05) is 61.7 Å². The molecule has 2 aromatic rings. The molecule has 1 fully saturated rings. The van der Waals surface area contributed by atoms with Crippen LogP contribution in [0.2, 0.25) is 0 Å². The highest BCUT2D eigenvalue weighted by molar-refractivity contribution is 6.03. The Labute approximate surface area is 160 Å². The molecule has 5 nitrogen and oxygen atoms in total. The Morgan fingerprint density at radius 2 is 1.59 bits per heavy atom. The summed E-state index contributed by atoms with van der Waals surface area (Å²) >= 11 is 0. The largest absolute Gasteiger partial charge is 0.345 e.